The van der Waals surface area contributed by atoms with Gasteiger partial charge in [0.15, 0.2) is 0 Å². The molecule has 0 radical (unpaired) electrons. The molecule has 0 bridgehead atoms. The van der Waals surface area contributed by atoms with Crippen molar-refractivity contribution in [3.8, 4) is 0 Å². The monoisotopic (exact) mass is 177 g/mol. The molecule has 1 amide bonds. The van der Waals surface area contributed by atoms with Gasteiger partial charge in [-0.25, -0.2) is 0 Å². The molecule has 0 aromatic carbocycles. The van der Waals surface area contributed by atoms with E-state index in [1.54, 1.807) is 4.90 Å². The fourth-order valence-electron chi connectivity index (χ4n) is 1.28. The first-order valence-corrected chi connectivity index (χ1v) is 3.90. The third kappa shape index (κ3) is 2.51. The van der Waals surface area contributed by atoms with Gasteiger partial charge in [0.1, 0.15) is 0 Å². The minimum atomic E-state index is -0.0752. The van der Waals surface area contributed by atoms with Crippen molar-refractivity contribution in [3.63, 3.8) is 0 Å². The van der Waals surface area contributed by atoms with E-state index in [0.29, 0.717) is 24.8 Å². The zero-order valence-corrected chi connectivity index (χ0v) is 9.67. The van der Waals surface area contributed by atoms with E-state index in [4.69, 9.17) is 0 Å². The molecule has 0 atom stereocenters. The molecule has 0 aromatic rings. The van der Waals surface area contributed by atoms with Gasteiger partial charge in [0.25, 0.3) is 0 Å². The third-order valence-corrected chi connectivity index (χ3v) is 1.96. The molecule has 0 spiro atoms. The second-order valence-corrected chi connectivity index (χ2v) is 2.63. The van der Waals surface area contributed by atoms with E-state index in [1.807, 2.05) is 6.92 Å². The fraction of sp³-hybridized carbons (Fsp3) is 0.625. The minimum Gasteiger partial charge on any atom is -0.878 e. The summed E-state index contributed by atoms with van der Waals surface area (Å²) in [6.07, 6.45) is 2.26. The van der Waals surface area contributed by atoms with Gasteiger partial charge in [-0.3, -0.25) is 4.79 Å². The molecule has 1 rings (SSSR count). The Morgan fingerprint density at radius 1 is 1.67 bits per heavy atom. The maximum Gasteiger partial charge on any atom is 1.00 e. The molecule has 1 aliphatic rings. The summed E-state index contributed by atoms with van der Waals surface area (Å²) >= 11 is 0. The van der Waals surface area contributed by atoms with Crippen molar-refractivity contribution in [3.05, 3.63) is 11.8 Å². The molecule has 0 saturated carbocycles. The van der Waals surface area contributed by atoms with Crippen molar-refractivity contribution >= 4 is 5.91 Å². The van der Waals surface area contributed by atoms with E-state index in [1.165, 1.54) is 0 Å². The van der Waals surface area contributed by atoms with Crippen LogP contribution in [0.25, 0.3) is 0 Å². The third-order valence-electron chi connectivity index (χ3n) is 1.96. The van der Waals surface area contributed by atoms with E-state index in [0.717, 1.165) is 13.0 Å². The number of likely N-dealkylation sites (tertiary alicyclic amines) is 1. The normalized spacial score (nSPS) is 20.9. The Kier molecular flexibility index (Phi) is 5.63. The van der Waals surface area contributed by atoms with Crippen LogP contribution in [0.2, 0.25) is 0 Å². The largest absolute Gasteiger partial charge is 1.00 e. The van der Waals surface area contributed by atoms with E-state index in [9.17, 15) is 9.90 Å². The number of hydrogen-bond acceptors (Lipinski definition) is 2. The Labute approximate surface area is 94.7 Å². The van der Waals surface area contributed by atoms with E-state index >= 15 is 0 Å². The Hall–Kier alpha value is 0.0100. The molecule has 0 aromatic heterocycles. The van der Waals surface area contributed by atoms with Crippen LogP contribution in [-0.2, 0) is 4.79 Å². The molecule has 3 nitrogen and oxygen atoms in total. The quantitative estimate of drug-likeness (QED) is 0.241. The Bertz CT molecular complexity index is 191. The number of amides is 1. The minimum absolute atomic E-state index is 0. The van der Waals surface area contributed by atoms with Gasteiger partial charge in [-0.1, -0.05) is 0 Å². The van der Waals surface area contributed by atoms with Gasteiger partial charge in [0.2, 0.25) is 5.91 Å². The molecule has 4 heteroatoms. The smallest absolute Gasteiger partial charge is 0.878 e. The van der Waals surface area contributed by atoms with Crippen molar-refractivity contribution in [1.82, 2.24) is 4.90 Å². The summed E-state index contributed by atoms with van der Waals surface area (Å²) in [4.78, 5) is 12.9. The predicted molar refractivity (Wildman–Crippen MR) is 39.6 cm³/mol. The first-order chi connectivity index (χ1) is 5.29. The standard InChI is InChI=1S/C8H13NO2.Na/c1-2-9-5-3-4-7(6-10)8(9)11;/h6,10H,2-5H2,1H3;/q;+1/p-1/b7-6+;. The number of carbonyl (C=O) groups is 1. The Balaban J connectivity index is 0.00000121. The van der Waals surface area contributed by atoms with Crippen molar-refractivity contribution < 1.29 is 39.5 Å². The molecular weight excluding hydrogens is 165 g/mol. The van der Waals surface area contributed by atoms with Crippen molar-refractivity contribution in [2.24, 2.45) is 0 Å². The molecule has 1 saturated heterocycles. The van der Waals surface area contributed by atoms with Crippen LogP contribution < -0.4 is 34.7 Å². The number of piperidine rings is 1. The first kappa shape index (κ1) is 12.0. The van der Waals surface area contributed by atoms with Gasteiger partial charge in [0, 0.05) is 18.7 Å². The zero-order chi connectivity index (χ0) is 8.27. The fourth-order valence-corrected chi connectivity index (χ4v) is 1.28. The summed E-state index contributed by atoms with van der Waals surface area (Å²) in [6, 6.07) is 0. The summed E-state index contributed by atoms with van der Waals surface area (Å²) in [5, 5.41) is 10.3. The number of carbonyl (C=O) groups excluding carboxylic acids is 1. The number of hydrogen-bond donors (Lipinski definition) is 0. The topological polar surface area (TPSA) is 43.4 Å². The predicted octanol–water partition coefficient (Wildman–Crippen LogP) is -3.12. The van der Waals surface area contributed by atoms with Crippen molar-refractivity contribution in [2.45, 2.75) is 19.8 Å². The Morgan fingerprint density at radius 3 is 2.83 bits per heavy atom. The van der Waals surface area contributed by atoms with Gasteiger partial charge < -0.3 is 10.0 Å². The summed E-state index contributed by atoms with van der Waals surface area (Å²) in [6.45, 7) is 3.43. The van der Waals surface area contributed by atoms with Gasteiger partial charge in [0.05, 0.1) is 0 Å². The van der Waals surface area contributed by atoms with Crippen LogP contribution in [0, 0.1) is 0 Å². The van der Waals surface area contributed by atoms with E-state index < -0.39 is 0 Å². The molecule has 0 N–H and O–H groups in total. The van der Waals surface area contributed by atoms with Crippen LogP contribution in [0.3, 0.4) is 0 Å². The van der Waals surface area contributed by atoms with Crippen LogP contribution >= 0.6 is 0 Å². The van der Waals surface area contributed by atoms with Gasteiger partial charge in [-0.2, -0.15) is 0 Å². The summed E-state index contributed by atoms with van der Waals surface area (Å²) in [5.74, 6) is -0.0752. The maximum atomic E-state index is 11.2. The second-order valence-electron chi connectivity index (χ2n) is 2.63. The zero-order valence-electron chi connectivity index (χ0n) is 7.67. The summed E-state index contributed by atoms with van der Waals surface area (Å²) < 4.78 is 0. The average Bonchev–Trinajstić information content (AvgIpc) is 2.05. The molecular formula is C8H12NNaO2. The van der Waals surface area contributed by atoms with Crippen LogP contribution in [0.1, 0.15) is 19.8 Å². The summed E-state index contributed by atoms with van der Waals surface area (Å²) in [7, 11) is 0. The van der Waals surface area contributed by atoms with Crippen molar-refractivity contribution in [1.29, 1.82) is 0 Å². The van der Waals surface area contributed by atoms with Gasteiger partial charge >= 0.3 is 29.6 Å². The SMILES string of the molecule is CCN1CCC/C(=C\[O-])C1=O.[Na+]. The van der Waals surface area contributed by atoms with E-state index in [2.05, 4.69) is 0 Å². The molecule has 1 fully saturated rings. The molecule has 0 unspecified atom stereocenters. The summed E-state index contributed by atoms with van der Waals surface area (Å²) in [5.41, 5.74) is 0.429. The van der Waals surface area contributed by atoms with Crippen LogP contribution in [-0.4, -0.2) is 23.9 Å². The van der Waals surface area contributed by atoms with Crippen LogP contribution in [0.15, 0.2) is 11.8 Å². The van der Waals surface area contributed by atoms with Gasteiger partial charge in [-0.15, -0.1) is 6.26 Å². The van der Waals surface area contributed by atoms with Crippen molar-refractivity contribution in [2.75, 3.05) is 13.1 Å². The first-order valence-electron chi connectivity index (χ1n) is 3.90. The van der Waals surface area contributed by atoms with E-state index in [-0.39, 0.29) is 35.5 Å². The molecule has 1 aliphatic heterocycles. The van der Waals surface area contributed by atoms with Gasteiger partial charge in [-0.05, 0) is 19.8 Å². The molecule has 62 valence electrons. The molecule has 1 heterocycles. The number of nitrogens with zero attached hydrogens (tertiary/aromatic N) is 1. The maximum absolute atomic E-state index is 11.2. The van der Waals surface area contributed by atoms with Crippen LogP contribution in [0.4, 0.5) is 0 Å². The molecule has 0 aliphatic carbocycles. The number of rotatable bonds is 1. The van der Waals surface area contributed by atoms with Crippen LogP contribution in [0.5, 0.6) is 0 Å². The molecule has 12 heavy (non-hydrogen) atoms. The number of likely N-dealkylation sites (N-methyl/N-ethyl adjacent to an activating group) is 1. The average molecular weight is 177 g/mol. The Morgan fingerprint density at radius 2 is 2.33 bits per heavy atom. The second kappa shape index (κ2) is 5.62.